The Kier molecular flexibility index (Phi) is 4.95. The summed E-state index contributed by atoms with van der Waals surface area (Å²) < 4.78 is 5.45. The highest BCUT2D eigenvalue weighted by atomic mass is 16.5. The van der Waals surface area contributed by atoms with Gasteiger partial charge in [-0.2, -0.15) is 0 Å². The van der Waals surface area contributed by atoms with Gasteiger partial charge in [-0.05, 0) is 43.7 Å². The molecule has 0 bridgehead atoms. The minimum absolute atomic E-state index is 0.0103. The smallest absolute Gasteiger partial charge is 0.262 e. The van der Waals surface area contributed by atoms with Crippen LogP contribution >= 0.6 is 0 Å². The van der Waals surface area contributed by atoms with Gasteiger partial charge < -0.3 is 15.8 Å². The Hall–Kier alpha value is -2.33. The lowest BCUT2D eigenvalue weighted by Crippen LogP contribution is -2.20. The second kappa shape index (κ2) is 6.90. The molecule has 4 heteroatoms. The third kappa shape index (κ3) is 4.61. The second-order valence-corrected chi connectivity index (χ2v) is 5.06. The molecular formula is C17H20N2O2. The molecule has 3 N–H and O–H groups in total. The molecular weight excluding hydrogens is 264 g/mol. The summed E-state index contributed by atoms with van der Waals surface area (Å²) in [5.74, 6) is 0.466. The fourth-order valence-electron chi connectivity index (χ4n) is 1.85. The summed E-state index contributed by atoms with van der Waals surface area (Å²) in [6, 6.07) is 15.1. The van der Waals surface area contributed by atoms with Crippen LogP contribution in [0.4, 0.5) is 5.69 Å². The van der Waals surface area contributed by atoms with Crippen molar-refractivity contribution in [3.05, 3.63) is 59.7 Å². The van der Waals surface area contributed by atoms with Crippen LogP contribution in [0.5, 0.6) is 5.75 Å². The van der Waals surface area contributed by atoms with Gasteiger partial charge in [0.15, 0.2) is 6.61 Å². The zero-order valence-corrected chi connectivity index (χ0v) is 12.3. The minimum atomic E-state index is -0.185. The third-order valence-electron chi connectivity index (χ3n) is 3.11. The van der Waals surface area contributed by atoms with Crippen LogP contribution < -0.4 is 15.8 Å². The summed E-state index contributed by atoms with van der Waals surface area (Å²) in [5.41, 5.74) is 8.73. The maximum absolute atomic E-state index is 11.8. The molecule has 0 saturated carbocycles. The molecule has 0 heterocycles. The maximum atomic E-state index is 11.8. The molecule has 0 radical (unpaired) electrons. The molecule has 1 atom stereocenters. The van der Waals surface area contributed by atoms with Crippen molar-refractivity contribution in [2.45, 2.75) is 19.9 Å². The van der Waals surface area contributed by atoms with Gasteiger partial charge in [0, 0.05) is 11.7 Å². The van der Waals surface area contributed by atoms with E-state index in [1.807, 2.05) is 62.4 Å². The zero-order chi connectivity index (χ0) is 15.2. The van der Waals surface area contributed by atoms with E-state index in [0.717, 1.165) is 16.8 Å². The number of benzene rings is 2. The number of hydrogen-bond donors (Lipinski definition) is 2. The Morgan fingerprint density at radius 2 is 1.76 bits per heavy atom. The van der Waals surface area contributed by atoms with Gasteiger partial charge in [-0.15, -0.1) is 0 Å². The molecule has 4 nitrogen and oxygen atoms in total. The highest BCUT2D eigenvalue weighted by Crippen LogP contribution is 2.16. The van der Waals surface area contributed by atoms with E-state index in [2.05, 4.69) is 5.32 Å². The number of amides is 1. The van der Waals surface area contributed by atoms with Crippen LogP contribution in [0.15, 0.2) is 48.5 Å². The first kappa shape index (κ1) is 15.1. The number of hydrogen-bond acceptors (Lipinski definition) is 3. The van der Waals surface area contributed by atoms with Gasteiger partial charge in [0.1, 0.15) is 5.75 Å². The third-order valence-corrected chi connectivity index (χ3v) is 3.11. The predicted octanol–water partition coefficient (Wildman–Crippen LogP) is 3.03. The highest BCUT2D eigenvalue weighted by molar-refractivity contribution is 5.91. The van der Waals surface area contributed by atoms with Crippen molar-refractivity contribution in [2.75, 3.05) is 11.9 Å². The number of nitrogens with one attached hydrogen (secondary N) is 1. The number of anilines is 1. The molecule has 0 spiro atoms. The highest BCUT2D eigenvalue weighted by Gasteiger charge is 2.04. The molecule has 1 unspecified atom stereocenters. The fourth-order valence-corrected chi connectivity index (χ4v) is 1.85. The molecule has 2 aromatic carbocycles. The lowest BCUT2D eigenvalue weighted by atomic mass is 10.1. The molecule has 0 fully saturated rings. The van der Waals surface area contributed by atoms with Crippen molar-refractivity contribution in [1.82, 2.24) is 0 Å². The first-order chi connectivity index (χ1) is 10.0. The van der Waals surface area contributed by atoms with Crippen molar-refractivity contribution in [3.8, 4) is 5.75 Å². The van der Waals surface area contributed by atoms with Crippen molar-refractivity contribution >= 4 is 11.6 Å². The minimum Gasteiger partial charge on any atom is -0.484 e. The van der Waals surface area contributed by atoms with E-state index in [-0.39, 0.29) is 18.6 Å². The molecule has 1 amide bonds. The number of nitrogens with two attached hydrogens (primary N) is 1. The van der Waals surface area contributed by atoms with Crippen LogP contribution in [-0.2, 0) is 4.79 Å². The standard InChI is InChI=1S/C17H20N2O2/c1-12-3-7-15(8-4-12)19-17(20)11-21-16-9-5-14(6-10-16)13(2)18/h3-10,13H,11,18H2,1-2H3,(H,19,20). The average Bonchev–Trinajstić information content (AvgIpc) is 2.48. The largest absolute Gasteiger partial charge is 0.484 e. The van der Waals surface area contributed by atoms with Gasteiger partial charge in [-0.1, -0.05) is 29.8 Å². The summed E-state index contributed by atoms with van der Waals surface area (Å²) in [5, 5.41) is 2.79. The monoisotopic (exact) mass is 284 g/mol. The van der Waals surface area contributed by atoms with Crippen molar-refractivity contribution < 1.29 is 9.53 Å². The summed E-state index contributed by atoms with van der Waals surface area (Å²) >= 11 is 0. The molecule has 2 aromatic rings. The molecule has 0 aliphatic heterocycles. The summed E-state index contributed by atoms with van der Waals surface area (Å²) in [6.45, 7) is 3.90. The predicted molar refractivity (Wildman–Crippen MR) is 84.3 cm³/mol. The van der Waals surface area contributed by atoms with E-state index in [1.54, 1.807) is 0 Å². The Morgan fingerprint density at radius 3 is 2.33 bits per heavy atom. The fraction of sp³-hybridized carbons (Fsp3) is 0.235. The lowest BCUT2D eigenvalue weighted by molar-refractivity contribution is -0.118. The molecule has 0 aliphatic carbocycles. The first-order valence-corrected chi connectivity index (χ1v) is 6.89. The summed E-state index contributed by atoms with van der Waals surface area (Å²) in [4.78, 5) is 11.8. The summed E-state index contributed by atoms with van der Waals surface area (Å²) in [7, 11) is 0. The zero-order valence-electron chi connectivity index (χ0n) is 12.3. The molecule has 0 saturated heterocycles. The second-order valence-electron chi connectivity index (χ2n) is 5.06. The molecule has 21 heavy (non-hydrogen) atoms. The van der Waals surface area contributed by atoms with E-state index in [4.69, 9.17) is 10.5 Å². The van der Waals surface area contributed by atoms with Crippen molar-refractivity contribution in [2.24, 2.45) is 5.73 Å². The Labute approximate surface area is 124 Å². The normalized spacial score (nSPS) is 11.8. The van der Waals surface area contributed by atoms with Crippen LogP contribution in [0.25, 0.3) is 0 Å². The van der Waals surface area contributed by atoms with E-state index in [9.17, 15) is 4.79 Å². The van der Waals surface area contributed by atoms with E-state index < -0.39 is 0 Å². The molecule has 0 aliphatic rings. The maximum Gasteiger partial charge on any atom is 0.262 e. The molecule has 110 valence electrons. The van der Waals surface area contributed by atoms with Crippen LogP contribution in [-0.4, -0.2) is 12.5 Å². The number of carbonyl (C=O) groups excluding carboxylic acids is 1. The van der Waals surface area contributed by atoms with Gasteiger partial charge >= 0.3 is 0 Å². The van der Waals surface area contributed by atoms with E-state index in [0.29, 0.717) is 5.75 Å². The van der Waals surface area contributed by atoms with Crippen molar-refractivity contribution in [3.63, 3.8) is 0 Å². The van der Waals surface area contributed by atoms with Gasteiger partial charge in [-0.3, -0.25) is 4.79 Å². The summed E-state index contributed by atoms with van der Waals surface area (Å²) in [6.07, 6.45) is 0. The molecule has 0 aromatic heterocycles. The Morgan fingerprint density at radius 1 is 1.14 bits per heavy atom. The van der Waals surface area contributed by atoms with Crippen LogP contribution in [0, 0.1) is 6.92 Å². The van der Waals surface area contributed by atoms with Crippen LogP contribution in [0.2, 0.25) is 0 Å². The number of ether oxygens (including phenoxy) is 1. The van der Waals surface area contributed by atoms with Gasteiger partial charge in [0.05, 0.1) is 0 Å². The van der Waals surface area contributed by atoms with E-state index >= 15 is 0 Å². The quantitative estimate of drug-likeness (QED) is 0.887. The lowest BCUT2D eigenvalue weighted by Gasteiger charge is -2.09. The van der Waals surface area contributed by atoms with Gasteiger partial charge in [-0.25, -0.2) is 0 Å². The first-order valence-electron chi connectivity index (χ1n) is 6.89. The van der Waals surface area contributed by atoms with E-state index in [1.165, 1.54) is 0 Å². The van der Waals surface area contributed by atoms with Gasteiger partial charge in [0.25, 0.3) is 5.91 Å². The molecule has 2 rings (SSSR count). The SMILES string of the molecule is Cc1ccc(NC(=O)COc2ccc(C(C)N)cc2)cc1. The topological polar surface area (TPSA) is 64.3 Å². The number of carbonyl (C=O) groups is 1. The van der Waals surface area contributed by atoms with Crippen LogP contribution in [0.3, 0.4) is 0 Å². The Bertz CT molecular complexity index is 589. The van der Waals surface area contributed by atoms with Gasteiger partial charge in [0.2, 0.25) is 0 Å². The Balaban J connectivity index is 1.84. The average molecular weight is 284 g/mol. The van der Waals surface area contributed by atoms with Crippen molar-refractivity contribution in [1.29, 1.82) is 0 Å². The number of aryl methyl sites for hydroxylation is 1. The number of rotatable bonds is 5. The van der Waals surface area contributed by atoms with Crippen LogP contribution in [0.1, 0.15) is 24.1 Å².